The number of imide groups is 1. The van der Waals surface area contributed by atoms with Gasteiger partial charge in [-0.2, -0.15) is 13.2 Å². The van der Waals surface area contributed by atoms with Crippen LogP contribution in [0.15, 0.2) is 60.8 Å². The number of aromatic amines is 1. The number of halogens is 3. The molecule has 11 nitrogen and oxygen atoms in total. The zero-order valence-corrected chi connectivity index (χ0v) is 23.9. The number of fused-ring (bicyclic) bond motifs is 1. The third-order valence-corrected chi connectivity index (χ3v) is 6.55. The van der Waals surface area contributed by atoms with Crippen LogP contribution in [0.5, 0.6) is 0 Å². The Morgan fingerprint density at radius 3 is 2.36 bits per heavy atom. The Hall–Kier alpha value is -5.40. The van der Waals surface area contributed by atoms with Gasteiger partial charge in [-0.15, -0.1) is 0 Å². The van der Waals surface area contributed by atoms with Crippen LogP contribution in [0.2, 0.25) is 0 Å². The highest BCUT2D eigenvalue weighted by atomic mass is 19.4. The molecule has 5 N–H and O–H groups in total. The molecule has 1 aliphatic rings. The first-order valence-corrected chi connectivity index (χ1v) is 13.4. The topological polar surface area (TPSA) is 155 Å². The lowest BCUT2D eigenvalue weighted by Gasteiger charge is -2.29. The number of benzene rings is 2. The fraction of sp³-hybridized carbons (Fsp3) is 0.233. The maximum Gasteiger partial charge on any atom is 0.417 e. The van der Waals surface area contributed by atoms with Crippen molar-refractivity contribution in [2.75, 3.05) is 22.9 Å². The van der Waals surface area contributed by atoms with E-state index in [1.165, 1.54) is 6.20 Å². The summed E-state index contributed by atoms with van der Waals surface area (Å²) < 4.78 is 44.1. The van der Waals surface area contributed by atoms with Crippen LogP contribution in [0, 0.1) is 0 Å². The zero-order valence-electron chi connectivity index (χ0n) is 23.9. The van der Waals surface area contributed by atoms with Crippen molar-refractivity contribution in [3.05, 3.63) is 77.6 Å². The van der Waals surface area contributed by atoms with Gasteiger partial charge < -0.3 is 26.1 Å². The smallest absolute Gasteiger partial charge is 0.417 e. The van der Waals surface area contributed by atoms with Gasteiger partial charge >= 0.3 is 18.3 Å². The van der Waals surface area contributed by atoms with Crippen LogP contribution in [0.3, 0.4) is 0 Å². The third kappa shape index (κ3) is 6.48. The van der Waals surface area contributed by atoms with E-state index in [0.717, 1.165) is 29.2 Å². The quantitative estimate of drug-likeness (QED) is 0.212. The van der Waals surface area contributed by atoms with Gasteiger partial charge in [-0.3, -0.25) is 4.79 Å². The highest BCUT2D eigenvalue weighted by molar-refractivity contribution is 6.11. The molecule has 0 unspecified atom stereocenters. The molecule has 0 saturated carbocycles. The molecule has 0 radical (unpaired) electrons. The molecule has 228 valence electrons. The minimum absolute atomic E-state index is 0.0121. The molecule has 0 saturated heterocycles. The summed E-state index contributed by atoms with van der Waals surface area (Å²) in [5.74, 6) is -0.559. The Morgan fingerprint density at radius 2 is 1.70 bits per heavy atom. The summed E-state index contributed by atoms with van der Waals surface area (Å²) in [5.41, 5.74) is 7.25. The number of carbonyl (C=O) groups is 3. The monoisotopic (exact) mass is 607 g/mol. The molecule has 0 fully saturated rings. The largest absolute Gasteiger partial charge is 0.443 e. The summed E-state index contributed by atoms with van der Waals surface area (Å²) in [6, 6.07) is 11.5. The number of hydrogen-bond donors (Lipinski definition) is 4. The number of H-pyrrole nitrogens is 1. The number of amides is 4. The van der Waals surface area contributed by atoms with Crippen molar-refractivity contribution >= 4 is 35.4 Å². The molecule has 1 aliphatic heterocycles. The number of nitrogens with two attached hydrogens (primary N) is 1. The number of aromatic nitrogens is 3. The van der Waals surface area contributed by atoms with Crippen LogP contribution < -0.4 is 16.4 Å². The Balaban J connectivity index is 1.49. The first kappa shape index (κ1) is 30.1. The number of hydrogen-bond acceptors (Lipinski definition) is 7. The van der Waals surface area contributed by atoms with Crippen molar-refractivity contribution in [2.24, 2.45) is 0 Å². The fourth-order valence-corrected chi connectivity index (χ4v) is 4.71. The van der Waals surface area contributed by atoms with E-state index in [-0.39, 0.29) is 23.7 Å². The molecule has 0 bridgehead atoms. The Bertz CT molecular complexity index is 1740. The average Bonchev–Trinajstić information content (AvgIpc) is 3.33. The van der Waals surface area contributed by atoms with Gasteiger partial charge in [0.2, 0.25) is 5.95 Å². The highest BCUT2D eigenvalue weighted by Crippen LogP contribution is 2.40. The normalized spacial score (nSPS) is 13.3. The molecule has 4 aromatic rings. The summed E-state index contributed by atoms with van der Waals surface area (Å²) in [5, 5.41) is 5.15. The molecule has 44 heavy (non-hydrogen) atoms. The summed E-state index contributed by atoms with van der Waals surface area (Å²) >= 11 is 0. The number of nitrogen functional groups attached to an aromatic ring is 1. The van der Waals surface area contributed by atoms with Crippen LogP contribution in [0.4, 0.5) is 40.1 Å². The van der Waals surface area contributed by atoms with Crippen LogP contribution in [-0.2, 0) is 17.3 Å². The van der Waals surface area contributed by atoms with E-state index in [9.17, 15) is 27.6 Å². The van der Waals surface area contributed by atoms with E-state index in [4.69, 9.17) is 10.5 Å². The van der Waals surface area contributed by atoms with Crippen molar-refractivity contribution in [1.82, 2.24) is 19.9 Å². The number of rotatable bonds is 4. The maximum absolute atomic E-state index is 13.8. The lowest BCUT2D eigenvalue weighted by Crippen LogP contribution is -2.44. The lowest BCUT2D eigenvalue weighted by molar-refractivity contribution is -0.137. The molecule has 4 amide bonds. The maximum atomic E-state index is 13.8. The van der Waals surface area contributed by atoms with Crippen LogP contribution in [0.25, 0.3) is 22.5 Å². The minimum Gasteiger partial charge on any atom is -0.443 e. The van der Waals surface area contributed by atoms with Crippen molar-refractivity contribution < 1.29 is 32.3 Å². The standard InChI is InChI=1S/C30H28F3N7O4/c1-29(2,3)44-28(43)40-14-12-20-23(25(40)41)22(24(38-20)21-11-13-35-26(34)39-21)16-5-4-6-19(15-16)37-27(42)36-18-9-7-17(8-10-18)30(31,32)33/h4-11,13,15,38H,12,14H2,1-3H3,(H2,34,35,39)(H2,36,37,42). The molecule has 5 rings (SSSR count). The van der Waals surface area contributed by atoms with Crippen LogP contribution in [0.1, 0.15) is 42.4 Å². The van der Waals surface area contributed by atoms with E-state index in [1.807, 2.05) is 0 Å². The van der Waals surface area contributed by atoms with Gasteiger partial charge in [0.25, 0.3) is 5.91 Å². The predicted molar refractivity (Wildman–Crippen MR) is 157 cm³/mol. The summed E-state index contributed by atoms with van der Waals surface area (Å²) in [6.45, 7) is 5.21. The summed E-state index contributed by atoms with van der Waals surface area (Å²) in [6.07, 6.45) is -3.48. The second-order valence-electron chi connectivity index (χ2n) is 11.0. The summed E-state index contributed by atoms with van der Waals surface area (Å²) in [4.78, 5) is 52.0. The third-order valence-electron chi connectivity index (χ3n) is 6.55. The van der Waals surface area contributed by atoms with Gasteiger partial charge in [-0.25, -0.2) is 24.5 Å². The highest BCUT2D eigenvalue weighted by Gasteiger charge is 2.37. The SMILES string of the molecule is CC(C)(C)OC(=O)N1CCc2[nH]c(-c3ccnc(N)n3)c(-c3cccc(NC(=O)Nc4ccc(C(F)(F)F)cc4)c3)c2C1=O. The first-order valence-electron chi connectivity index (χ1n) is 13.4. The van der Waals surface area contributed by atoms with Gasteiger partial charge in [0.15, 0.2) is 0 Å². The molecule has 2 aromatic heterocycles. The predicted octanol–water partition coefficient (Wildman–Crippen LogP) is 6.32. The number of carbonyl (C=O) groups excluding carboxylic acids is 3. The second-order valence-corrected chi connectivity index (χ2v) is 11.0. The molecule has 3 heterocycles. The molecule has 0 spiro atoms. The van der Waals surface area contributed by atoms with Gasteiger partial charge in [-0.05, 0) is 68.8 Å². The minimum atomic E-state index is -4.50. The first-order chi connectivity index (χ1) is 20.7. The van der Waals surface area contributed by atoms with Crippen molar-refractivity contribution in [1.29, 1.82) is 0 Å². The van der Waals surface area contributed by atoms with E-state index in [0.29, 0.717) is 40.3 Å². The van der Waals surface area contributed by atoms with Gasteiger partial charge in [0.05, 0.1) is 22.5 Å². The van der Waals surface area contributed by atoms with Crippen molar-refractivity contribution in [3.8, 4) is 22.5 Å². The van der Waals surface area contributed by atoms with Crippen LogP contribution in [-0.4, -0.2) is 50.0 Å². The molecular formula is C30H28F3N7O4. The number of nitrogens with one attached hydrogen (secondary N) is 3. The second kappa shape index (κ2) is 11.4. The Morgan fingerprint density at radius 1 is 1.00 bits per heavy atom. The van der Waals surface area contributed by atoms with E-state index < -0.39 is 35.4 Å². The van der Waals surface area contributed by atoms with Crippen LogP contribution >= 0.6 is 0 Å². The lowest BCUT2D eigenvalue weighted by atomic mass is 9.95. The number of urea groups is 1. The Kier molecular flexibility index (Phi) is 7.76. The van der Waals surface area contributed by atoms with Crippen molar-refractivity contribution in [2.45, 2.75) is 39.0 Å². The van der Waals surface area contributed by atoms with E-state index in [1.54, 1.807) is 51.1 Å². The average molecular weight is 608 g/mol. The van der Waals surface area contributed by atoms with E-state index >= 15 is 0 Å². The summed E-state index contributed by atoms with van der Waals surface area (Å²) in [7, 11) is 0. The Labute approximate surface area is 249 Å². The molecule has 14 heteroatoms. The molecular weight excluding hydrogens is 579 g/mol. The number of alkyl halides is 3. The molecule has 2 aromatic carbocycles. The van der Waals surface area contributed by atoms with E-state index in [2.05, 4.69) is 25.6 Å². The fourth-order valence-electron chi connectivity index (χ4n) is 4.71. The van der Waals surface area contributed by atoms with Gasteiger partial charge in [-0.1, -0.05) is 12.1 Å². The number of ether oxygens (including phenoxy) is 1. The van der Waals surface area contributed by atoms with Crippen molar-refractivity contribution in [3.63, 3.8) is 0 Å². The zero-order chi connectivity index (χ0) is 31.8. The molecule has 0 aliphatic carbocycles. The van der Waals surface area contributed by atoms with Gasteiger partial charge in [0.1, 0.15) is 5.60 Å². The number of nitrogens with zero attached hydrogens (tertiary/aromatic N) is 3. The van der Waals surface area contributed by atoms with Gasteiger partial charge in [0, 0.05) is 41.8 Å². The molecule has 0 atom stereocenters. The number of anilines is 3.